The van der Waals surface area contributed by atoms with E-state index in [0.29, 0.717) is 17.9 Å². The molecule has 0 amide bonds. The van der Waals surface area contributed by atoms with Gasteiger partial charge in [-0.2, -0.15) is 0 Å². The Balaban J connectivity index is 2.67. The summed E-state index contributed by atoms with van der Waals surface area (Å²) in [6.07, 6.45) is 0.0549. The molecule has 0 aliphatic carbocycles. The van der Waals surface area contributed by atoms with Crippen LogP contribution in [0.4, 0.5) is 4.79 Å². The second-order valence-corrected chi connectivity index (χ2v) is 3.79. The number of ether oxygens (including phenoxy) is 3. The summed E-state index contributed by atoms with van der Waals surface area (Å²) in [5, 5.41) is 0. The first kappa shape index (κ1) is 15.0. The minimum atomic E-state index is -0.781. The summed E-state index contributed by atoms with van der Waals surface area (Å²) in [6, 6.07) is 6.80. The fraction of sp³-hybridized carbons (Fsp3) is 0.429. The molecule has 5 heteroatoms. The highest BCUT2D eigenvalue weighted by atomic mass is 16.7. The Morgan fingerprint density at radius 3 is 2.53 bits per heavy atom. The van der Waals surface area contributed by atoms with Gasteiger partial charge >= 0.3 is 12.1 Å². The number of para-hydroxylation sites is 1. The predicted octanol–water partition coefficient (Wildman–Crippen LogP) is 2.72. The largest absolute Gasteiger partial charge is 0.513 e. The highest BCUT2D eigenvalue weighted by Crippen LogP contribution is 2.19. The van der Waals surface area contributed by atoms with Crippen LogP contribution < -0.4 is 4.74 Å². The summed E-state index contributed by atoms with van der Waals surface area (Å²) < 4.78 is 14.7. The average molecular weight is 266 g/mol. The first-order valence-corrected chi connectivity index (χ1v) is 6.25. The minimum Gasteiger partial charge on any atom is -0.465 e. The molecule has 0 aliphatic rings. The second kappa shape index (κ2) is 8.13. The standard InChI is InChI=1S/C14H18O5/c1-3-9-18-13(15)10-11-7-5-6-8-12(11)19-14(16)17-4-2/h5-8H,3-4,9-10H2,1-2H3. The maximum Gasteiger partial charge on any atom is 0.513 e. The third-order valence-electron chi connectivity index (χ3n) is 2.23. The first-order chi connectivity index (χ1) is 9.17. The van der Waals surface area contributed by atoms with Crippen LogP contribution in [0.1, 0.15) is 25.8 Å². The third kappa shape index (κ3) is 5.42. The van der Waals surface area contributed by atoms with E-state index in [-0.39, 0.29) is 19.0 Å². The van der Waals surface area contributed by atoms with E-state index in [1.165, 1.54) is 0 Å². The fourth-order valence-corrected chi connectivity index (χ4v) is 1.41. The van der Waals surface area contributed by atoms with Crippen molar-refractivity contribution in [1.29, 1.82) is 0 Å². The molecule has 0 spiro atoms. The van der Waals surface area contributed by atoms with Gasteiger partial charge in [-0.1, -0.05) is 25.1 Å². The van der Waals surface area contributed by atoms with Gasteiger partial charge in [-0.05, 0) is 19.4 Å². The summed E-state index contributed by atoms with van der Waals surface area (Å²) in [6.45, 7) is 4.24. The van der Waals surface area contributed by atoms with Crippen LogP contribution >= 0.6 is 0 Å². The van der Waals surface area contributed by atoms with Crippen molar-refractivity contribution in [3.05, 3.63) is 29.8 Å². The van der Waals surface area contributed by atoms with Crippen LogP contribution in [0.15, 0.2) is 24.3 Å². The van der Waals surface area contributed by atoms with Crippen molar-refractivity contribution in [3.63, 3.8) is 0 Å². The Labute approximate surface area is 112 Å². The lowest BCUT2D eigenvalue weighted by Gasteiger charge is -2.09. The summed E-state index contributed by atoms with van der Waals surface area (Å²) >= 11 is 0. The number of esters is 1. The molecule has 1 aromatic carbocycles. The molecule has 0 bridgehead atoms. The first-order valence-electron chi connectivity index (χ1n) is 6.25. The van der Waals surface area contributed by atoms with Crippen molar-refractivity contribution < 1.29 is 23.8 Å². The van der Waals surface area contributed by atoms with Crippen molar-refractivity contribution in [2.45, 2.75) is 26.7 Å². The van der Waals surface area contributed by atoms with Crippen LogP contribution in [-0.2, 0) is 20.7 Å². The molecule has 1 rings (SSSR count). The van der Waals surface area contributed by atoms with Gasteiger partial charge in [0, 0.05) is 5.56 Å². The molecule has 0 fully saturated rings. The predicted molar refractivity (Wildman–Crippen MR) is 69.0 cm³/mol. The van der Waals surface area contributed by atoms with E-state index in [4.69, 9.17) is 14.2 Å². The molecule has 0 saturated heterocycles. The minimum absolute atomic E-state index is 0.0651. The van der Waals surface area contributed by atoms with Gasteiger partial charge in [-0.15, -0.1) is 0 Å². The quantitative estimate of drug-likeness (QED) is 0.585. The van der Waals surface area contributed by atoms with Gasteiger partial charge < -0.3 is 14.2 Å². The van der Waals surface area contributed by atoms with Gasteiger partial charge in [0.05, 0.1) is 19.6 Å². The van der Waals surface area contributed by atoms with Crippen molar-refractivity contribution in [2.24, 2.45) is 0 Å². The van der Waals surface area contributed by atoms with Crippen molar-refractivity contribution in [2.75, 3.05) is 13.2 Å². The molecule has 0 aromatic heterocycles. The Morgan fingerprint density at radius 1 is 1.11 bits per heavy atom. The van der Waals surface area contributed by atoms with Crippen LogP contribution in [0.5, 0.6) is 5.75 Å². The highest BCUT2D eigenvalue weighted by molar-refractivity contribution is 5.74. The van der Waals surface area contributed by atoms with Crippen LogP contribution in [0.2, 0.25) is 0 Å². The Morgan fingerprint density at radius 2 is 1.84 bits per heavy atom. The van der Waals surface area contributed by atoms with Gasteiger partial charge in [0.25, 0.3) is 0 Å². The topological polar surface area (TPSA) is 61.8 Å². The molecule has 0 atom stereocenters. The monoisotopic (exact) mass is 266 g/mol. The Hall–Kier alpha value is -2.04. The fourth-order valence-electron chi connectivity index (χ4n) is 1.41. The number of hydrogen-bond donors (Lipinski definition) is 0. The molecular formula is C14H18O5. The van der Waals surface area contributed by atoms with Gasteiger partial charge in [0.15, 0.2) is 0 Å². The Bertz CT molecular complexity index is 428. The number of rotatable bonds is 6. The SMILES string of the molecule is CCCOC(=O)Cc1ccccc1OC(=O)OCC. The third-order valence-corrected chi connectivity index (χ3v) is 2.23. The van der Waals surface area contributed by atoms with Crippen LogP contribution in [-0.4, -0.2) is 25.3 Å². The maximum absolute atomic E-state index is 11.5. The lowest BCUT2D eigenvalue weighted by molar-refractivity contribution is -0.142. The van der Waals surface area contributed by atoms with E-state index in [1.807, 2.05) is 6.92 Å². The number of hydrogen-bond acceptors (Lipinski definition) is 5. The van der Waals surface area contributed by atoms with Crippen LogP contribution in [0, 0.1) is 0 Å². The molecule has 0 unspecified atom stereocenters. The second-order valence-electron chi connectivity index (χ2n) is 3.79. The van der Waals surface area contributed by atoms with Crippen LogP contribution in [0.3, 0.4) is 0 Å². The lowest BCUT2D eigenvalue weighted by atomic mass is 10.1. The molecule has 104 valence electrons. The molecular weight excluding hydrogens is 248 g/mol. The molecule has 0 heterocycles. The van der Waals surface area contributed by atoms with Gasteiger partial charge in [-0.25, -0.2) is 4.79 Å². The zero-order valence-electron chi connectivity index (χ0n) is 11.2. The summed E-state index contributed by atoms with van der Waals surface area (Å²) in [5.41, 5.74) is 0.594. The number of carbonyl (C=O) groups is 2. The number of benzene rings is 1. The van der Waals surface area contributed by atoms with Crippen molar-refractivity contribution in [3.8, 4) is 5.75 Å². The lowest BCUT2D eigenvalue weighted by Crippen LogP contribution is -2.13. The molecule has 0 saturated carbocycles. The van der Waals surface area contributed by atoms with E-state index >= 15 is 0 Å². The molecule has 0 aliphatic heterocycles. The average Bonchev–Trinajstić information content (AvgIpc) is 2.39. The summed E-state index contributed by atoms with van der Waals surface area (Å²) in [5.74, 6) is -0.0313. The number of carbonyl (C=O) groups excluding carboxylic acids is 2. The van der Waals surface area contributed by atoms with Crippen molar-refractivity contribution in [1.82, 2.24) is 0 Å². The maximum atomic E-state index is 11.5. The Kier molecular flexibility index (Phi) is 6.43. The van der Waals surface area contributed by atoms with Crippen LogP contribution in [0.25, 0.3) is 0 Å². The molecule has 19 heavy (non-hydrogen) atoms. The van der Waals surface area contributed by atoms with Gasteiger partial charge in [0.2, 0.25) is 0 Å². The van der Waals surface area contributed by atoms with E-state index < -0.39 is 6.16 Å². The van der Waals surface area contributed by atoms with Gasteiger partial charge in [0.1, 0.15) is 5.75 Å². The summed E-state index contributed by atoms with van der Waals surface area (Å²) in [7, 11) is 0. The van der Waals surface area contributed by atoms with E-state index in [2.05, 4.69) is 0 Å². The summed E-state index contributed by atoms with van der Waals surface area (Å²) in [4.78, 5) is 22.8. The van der Waals surface area contributed by atoms with Gasteiger partial charge in [-0.3, -0.25) is 4.79 Å². The zero-order valence-corrected chi connectivity index (χ0v) is 11.2. The zero-order chi connectivity index (χ0) is 14.1. The normalized spacial score (nSPS) is 9.79. The van der Waals surface area contributed by atoms with E-state index in [1.54, 1.807) is 31.2 Å². The molecule has 5 nitrogen and oxygen atoms in total. The molecule has 1 aromatic rings. The smallest absolute Gasteiger partial charge is 0.465 e. The molecule has 0 radical (unpaired) electrons. The highest BCUT2D eigenvalue weighted by Gasteiger charge is 2.13. The van der Waals surface area contributed by atoms with Crippen molar-refractivity contribution >= 4 is 12.1 Å². The van der Waals surface area contributed by atoms with E-state index in [9.17, 15) is 9.59 Å². The van der Waals surface area contributed by atoms with E-state index in [0.717, 1.165) is 6.42 Å². The molecule has 0 N–H and O–H groups in total.